The first kappa shape index (κ1) is 14.7. The topological polar surface area (TPSA) is 75.1 Å². The fourth-order valence-corrected chi connectivity index (χ4v) is 2.79. The molecule has 0 fully saturated rings. The summed E-state index contributed by atoms with van der Waals surface area (Å²) >= 11 is 2.69. The van der Waals surface area contributed by atoms with Gasteiger partial charge in [0.05, 0.1) is 16.4 Å². The molecule has 5 nitrogen and oxygen atoms in total. The van der Waals surface area contributed by atoms with E-state index < -0.39 is 0 Å². The highest BCUT2D eigenvalue weighted by atomic mass is 32.1. The number of aromatic nitrogens is 2. The van der Waals surface area contributed by atoms with Crippen molar-refractivity contribution in [3.05, 3.63) is 26.9 Å². The minimum Gasteiger partial charge on any atom is -0.395 e. The highest BCUT2D eigenvalue weighted by molar-refractivity contribution is 7.16. The minimum absolute atomic E-state index is 0.0442. The summed E-state index contributed by atoms with van der Waals surface area (Å²) in [6, 6.07) is 3.52. The van der Waals surface area contributed by atoms with Gasteiger partial charge in [-0.3, -0.25) is 10.1 Å². The van der Waals surface area contributed by atoms with Crippen molar-refractivity contribution in [2.75, 3.05) is 11.9 Å². The molecule has 0 spiro atoms. The lowest BCUT2D eigenvalue weighted by atomic mass is 10.4. The van der Waals surface area contributed by atoms with Crippen LogP contribution in [0.2, 0.25) is 0 Å². The number of carbonyl (C=O) groups excluding carboxylic acids is 1. The van der Waals surface area contributed by atoms with Gasteiger partial charge in [0.1, 0.15) is 5.01 Å². The molecule has 0 aliphatic carbocycles. The van der Waals surface area contributed by atoms with E-state index in [0.29, 0.717) is 16.4 Å². The number of carbonyl (C=O) groups is 1. The van der Waals surface area contributed by atoms with Gasteiger partial charge in [-0.1, -0.05) is 30.1 Å². The van der Waals surface area contributed by atoms with Crippen molar-refractivity contribution in [3.63, 3.8) is 0 Å². The van der Waals surface area contributed by atoms with E-state index >= 15 is 0 Å². The van der Waals surface area contributed by atoms with Gasteiger partial charge >= 0.3 is 0 Å². The Labute approximate surface area is 124 Å². The van der Waals surface area contributed by atoms with Crippen LogP contribution >= 0.6 is 22.7 Å². The molecule has 0 bridgehead atoms. The number of aryl methyl sites for hydroxylation is 1. The first-order chi connectivity index (χ1) is 9.72. The van der Waals surface area contributed by atoms with Crippen LogP contribution in [0.25, 0.3) is 0 Å². The first-order valence-electron chi connectivity index (χ1n) is 6.06. The number of aliphatic hydroxyl groups is 1. The number of rotatable bonds is 4. The maximum atomic E-state index is 12.0. The van der Waals surface area contributed by atoms with Crippen molar-refractivity contribution < 1.29 is 9.90 Å². The largest absolute Gasteiger partial charge is 0.395 e. The summed E-state index contributed by atoms with van der Waals surface area (Å²) in [5.41, 5.74) is 0. The number of hydrogen-bond donors (Lipinski definition) is 2. The molecule has 0 aromatic carbocycles. The van der Waals surface area contributed by atoms with Crippen LogP contribution in [0.15, 0.2) is 12.1 Å². The van der Waals surface area contributed by atoms with Crippen LogP contribution in [0.3, 0.4) is 0 Å². The summed E-state index contributed by atoms with van der Waals surface area (Å²) < 4.78 is 0. The molecule has 0 aliphatic heterocycles. The molecule has 2 N–H and O–H groups in total. The third-order valence-electron chi connectivity index (χ3n) is 2.27. The zero-order chi connectivity index (χ0) is 14.4. The van der Waals surface area contributed by atoms with Gasteiger partial charge in [0.2, 0.25) is 5.13 Å². The van der Waals surface area contributed by atoms with Gasteiger partial charge in [-0.15, -0.1) is 21.5 Å². The zero-order valence-corrected chi connectivity index (χ0v) is 12.5. The van der Waals surface area contributed by atoms with Crippen LogP contribution in [0.4, 0.5) is 5.13 Å². The SMILES string of the molecule is CCc1nnc(NC(=O)c2ccc(C#CCCO)s2)s1. The molecule has 2 aromatic rings. The highest BCUT2D eigenvalue weighted by Gasteiger charge is 2.11. The summed E-state index contributed by atoms with van der Waals surface area (Å²) in [7, 11) is 0. The van der Waals surface area contributed by atoms with E-state index in [1.165, 1.54) is 22.7 Å². The van der Waals surface area contributed by atoms with Gasteiger partial charge in [-0.05, 0) is 18.6 Å². The van der Waals surface area contributed by atoms with Crippen LogP contribution in [0, 0.1) is 11.8 Å². The molecular formula is C13H13N3O2S2. The van der Waals surface area contributed by atoms with Gasteiger partial charge in [0.25, 0.3) is 5.91 Å². The molecular weight excluding hydrogens is 294 g/mol. The van der Waals surface area contributed by atoms with E-state index in [1.54, 1.807) is 12.1 Å². The standard InChI is InChI=1S/C13H13N3O2S2/c1-2-11-15-16-13(20-11)14-12(18)10-7-6-9(19-10)5-3-4-8-17/h6-7,17H,2,4,8H2,1H3,(H,14,16,18). The van der Waals surface area contributed by atoms with Crippen molar-refractivity contribution in [1.29, 1.82) is 0 Å². The molecule has 1 amide bonds. The summed E-state index contributed by atoms with van der Waals surface area (Å²) in [4.78, 5) is 13.4. The van der Waals surface area contributed by atoms with E-state index in [2.05, 4.69) is 27.4 Å². The molecule has 0 saturated carbocycles. The monoisotopic (exact) mass is 307 g/mol. The average molecular weight is 307 g/mol. The number of hydrogen-bond acceptors (Lipinski definition) is 6. The van der Waals surface area contributed by atoms with Gasteiger partial charge in [0, 0.05) is 6.42 Å². The van der Waals surface area contributed by atoms with Crippen LogP contribution in [0.5, 0.6) is 0 Å². The Kier molecular flexibility index (Phi) is 5.24. The van der Waals surface area contributed by atoms with Crippen molar-refractivity contribution in [2.45, 2.75) is 19.8 Å². The van der Waals surface area contributed by atoms with Crippen molar-refractivity contribution >= 4 is 33.7 Å². The van der Waals surface area contributed by atoms with E-state index in [9.17, 15) is 4.79 Å². The minimum atomic E-state index is -0.205. The maximum Gasteiger partial charge on any atom is 0.267 e. The zero-order valence-electron chi connectivity index (χ0n) is 10.8. The summed E-state index contributed by atoms with van der Waals surface area (Å²) in [5.74, 6) is 5.52. The third kappa shape index (κ3) is 3.87. The quantitative estimate of drug-likeness (QED) is 0.849. The molecule has 2 aromatic heterocycles. The van der Waals surface area contributed by atoms with E-state index in [-0.39, 0.29) is 12.5 Å². The Bertz CT molecular complexity index is 652. The van der Waals surface area contributed by atoms with E-state index in [0.717, 1.165) is 16.3 Å². The molecule has 2 heterocycles. The molecule has 0 unspecified atom stereocenters. The van der Waals surface area contributed by atoms with Crippen LogP contribution in [-0.2, 0) is 6.42 Å². The Morgan fingerprint density at radius 2 is 2.25 bits per heavy atom. The van der Waals surface area contributed by atoms with E-state index in [1.807, 2.05) is 6.92 Å². The van der Waals surface area contributed by atoms with Gasteiger partial charge < -0.3 is 5.11 Å². The molecule has 20 heavy (non-hydrogen) atoms. The summed E-state index contributed by atoms with van der Waals surface area (Å²) in [6.45, 7) is 2.03. The Morgan fingerprint density at radius 1 is 1.40 bits per heavy atom. The second-order valence-electron chi connectivity index (χ2n) is 3.75. The summed E-state index contributed by atoms with van der Waals surface area (Å²) in [6.07, 6.45) is 1.24. The fraction of sp³-hybridized carbons (Fsp3) is 0.308. The van der Waals surface area contributed by atoms with Crippen LogP contribution in [0.1, 0.15) is 32.9 Å². The number of nitrogens with zero attached hydrogens (tertiary/aromatic N) is 2. The van der Waals surface area contributed by atoms with Crippen LogP contribution < -0.4 is 5.32 Å². The number of nitrogens with one attached hydrogen (secondary N) is 1. The van der Waals surface area contributed by atoms with Gasteiger partial charge in [-0.25, -0.2) is 0 Å². The molecule has 0 radical (unpaired) electrons. The van der Waals surface area contributed by atoms with Crippen molar-refractivity contribution in [2.24, 2.45) is 0 Å². The van der Waals surface area contributed by atoms with Gasteiger partial charge in [0.15, 0.2) is 0 Å². The maximum absolute atomic E-state index is 12.0. The molecule has 0 aliphatic rings. The third-order valence-corrected chi connectivity index (χ3v) is 4.25. The lowest BCUT2D eigenvalue weighted by Crippen LogP contribution is -2.09. The van der Waals surface area contributed by atoms with Crippen LogP contribution in [-0.4, -0.2) is 27.8 Å². The molecule has 0 saturated heterocycles. The summed E-state index contributed by atoms with van der Waals surface area (Å²) in [5, 5.41) is 20.6. The number of amides is 1. The Morgan fingerprint density at radius 3 is 2.95 bits per heavy atom. The second-order valence-corrected chi connectivity index (χ2v) is 5.89. The number of anilines is 1. The lowest BCUT2D eigenvalue weighted by Gasteiger charge is -1.96. The van der Waals surface area contributed by atoms with Crippen molar-refractivity contribution in [3.8, 4) is 11.8 Å². The average Bonchev–Trinajstić information content (AvgIpc) is 3.08. The number of thiophene rings is 1. The fourth-order valence-electron chi connectivity index (χ4n) is 1.34. The second kappa shape index (κ2) is 7.14. The smallest absolute Gasteiger partial charge is 0.267 e. The molecule has 104 valence electrons. The molecule has 2 rings (SSSR count). The van der Waals surface area contributed by atoms with Crippen molar-refractivity contribution in [1.82, 2.24) is 10.2 Å². The Hall–Kier alpha value is -1.75. The number of aliphatic hydroxyl groups excluding tert-OH is 1. The normalized spacial score (nSPS) is 9.90. The molecule has 7 heteroatoms. The van der Waals surface area contributed by atoms with Gasteiger partial charge in [-0.2, -0.15) is 0 Å². The first-order valence-corrected chi connectivity index (χ1v) is 7.69. The highest BCUT2D eigenvalue weighted by Crippen LogP contribution is 2.20. The molecule has 0 atom stereocenters. The Balaban J connectivity index is 2.01. The predicted molar refractivity (Wildman–Crippen MR) is 80.1 cm³/mol. The predicted octanol–water partition coefficient (Wildman–Crippen LogP) is 2.15. The lowest BCUT2D eigenvalue weighted by molar-refractivity contribution is 0.103. The van der Waals surface area contributed by atoms with E-state index in [4.69, 9.17) is 5.11 Å².